The molecule has 1 aromatic carbocycles. The van der Waals surface area contributed by atoms with Crippen molar-refractivity contribution in [1.82, 2.24) is 0 Å². The van der Waals surface area contributed by atoms with Crippen molar-refractivity contribution in [3.63, 3.8) is 0 Å². The second-order valence-corrected chi connectivity index (χ2v) is 3.54. The van der Waals surface area contributed by atoms with Crippen LogP contribution >= 0.6 is 0 Å². The van der Waals surface area contributed by atoms with Crippen molar-refractivity contribution in [3.8, 4) is 0 Å². The summed E-state index contributed by atoms with van der Waals surface area (Å²) in [6.45, 7) is 0.288. The van der Waals surface area contributed by atoms with Crippen molar-refractivity contribution in [1.29, 1.82) is 0 Å². The lowest BCUT2D eigenvalue weighted by atomic mass is 10.0. The molecule has 0 saturated carbocycles. The van der Waals surface area contributed by atoms with Gasteiger partial charge in [-0.3, -0.25) is 0 Å². The Kier molecular flexibility index (Phi) is 5.22. The van der Waals surface area contributed by atoms with Gasteiger partial charge in [-0.2, -0.15) is 0 Å². The van der Waals surface area contributed by atoms with Gasteiger partial charge in [-0.15, -0.1) is 0 Å². The van der Waals surface area contributed by atoms with Crippen LogP contribution in [0.2, 0.25) is 0 Å². The third-order valence-corrected chi connectivity index (χ3v) is 2.32. The first-order valence-electron chi connectivity index (χ1n) is 5.24. The van der Waals surface area contributed by atoms with Gasteiger partial charge in [0.25, 0.3) is 0 Å². The number of carbonyl (C=O) groups is 2. The van der Waals surface area contributed by atoms with Crippen LogP contribution in [0.4, 0.5) is 5.69 Å². The maximum absolute atomic E-state index is 10.4. The van der Waals surface area contributed by atoms with Crippen LogP contribution in [0.15, 0.2) is 24.3 Å². The summed E-state index contributed by atoms with van der Waals surface area (Å²) in [5.41, 5.74) is 7.52. The minimum Gasteiger partial charge on any atom is -0.378 e. The molecule has 0 aliphatic heterocycles. The molecular formula is C12H16N2O2. The molecule has 1 rings (SSSR count). The van der Waals surface area contributed by atoms with Gasteiger partial charge in [0.15, 0.2) is 0 Å². The molecule has 0 aromatic heterocycles. The molecule has 3 N–H and O–H groups in total. The van der Waals surface area contributed by atoms with Crippen LogP contribution in [0.5, 0.6) is 0 Å². The summed E-state index contributed by atoms with van der Waals surface area (Å²) in [6.07, 6.45) is 2.90. The average Bonchev–Trinajstić information content (AvgIpc) is 2.34. The number of aldehydes is 2. The zero-order valence-electron chi connectivity index (χ0n) is 9.06. The highest BCUT2D eigenvalue weighted by Gasteiger charge is 2.04. The van der Waals surface area contributed by atoms with Gasteiger partial charge in [0.1, 0.15) is 12.6 Å². The van der Waals surface area contributed by atoms with E-state index in [0.717, 1.165) is 30.2 Å². The Morgan fingerprint density at radius 1 is 1.31 bits per heavy atom. The Morgan fingerprint density at radius 3 is 2.75 bits per heavy atom. The van der Waals surface area contributed by atoms with Gasteiger partial charge < -0.3 is 20.6 Å². The van der Waals surface area contributed by atoms with E-state index < -0.39 is 6.04 Å². The number of nitrogens with one attached hydrogen (secondary N) is 1. The smallest absolute Gasteiger partial charge is 0.139 e. The highest BCUT2D eigenvalue weighted by Crippen LogP contribution is 2.16. The van der Waals surface area contributed by atoms with Gasteiger partial charge >= 0.3 is 0 Å². The monoisotopic (exact) mass is 220 g/mol. The van der Waals surface area contributed by atoms with Gasteiger partial charge in [0.2, 0.25) is 0 Å². The molecule has 0 radical (unpaired) electrons. The van der Waals surface area contributed by atoms with Crippen LogP contribution < -0.4 is 11.1 Å². The van der Waals surface area contributed by atoms with Gasteiger partial charge in [-0.05, 0) is 24.5 Å². The van der Waals surface area contributed by atoms with E-state index >= 15 is 0 Å². The van der Waals surface area contributed by atoms with E-state index in [1.165, 1.54) is 0 Å². The zero-order valence-corrected chi connectivity index (χ0v) is 9.06. The Bertz CT molecular complexity index is 353. The number of carbonyl (C=O) groups excluding carboxylic acids is 2. The van der Waals surface area contributed by atoms with Crippen molar-refractivity contribution >= 4 is 18.3 Å². The topological polar surface area (TPSA) is 72.2 Å². The molecule has 0 saturated heterocycles. The lowest BCUT2D eigenvalue weighted by Gasteiger charge is -2.10. The summed E-state index contributed by atoms with van der Waals surface area (Å²) in [6, 6.07) is 7.28. The van der Waals surface area contributed by atoms with Crippen LogP contribution in [0, 0.1) is 0 Å². The standard InChI is InChI=1S/C12H16N2O2/c13-11(9-16)6-5-10-3-1-2-4-12(10)14-7-8-15/h1-4,8-9,11,14H,5-7,13H2. The first-order valence-corrected chi connectivity index (χ1v) is 5.24. The Balaban J connectivity index is 2.62. The minimum atomic E-state index is -0.417. The Hall–Kier alpha value is -1.68. The molecule has 86 valence electrons. The molecular weight excluding hydrogens is 204 g/mol. The molecule has 16 heavy (non-hydrogen) atoms. The van der Waals surface area contributed by atoms with Gasteiger partial charge in [0, 0.05) is 5.69 Å². The van der Waals surface area contributed by atoms with Gasteiger partial charge in [-0.1, -0.05) is 18.2 Å². The van der Waals surface area contributed by atoms with E-state index in [1.54, 1.807) is 0 Å². The van der Waals surface area contributed by atoms with Crippen LogP contribution in [0.1, 0.15) is 12.0 Å². The van der Waals surface area contributed by atoms with Gasteiger partial charge in [0.05, 0.1) is 12.6 Å². The highest BCUT2D eigenvalue weighted by molar-refractivity contribution is 5.62. The summed E-state index contributed by atoms with van der Waals surface area (Å²) >= 11 is 0. The number of nitrogens with two attached hydrogens (primary N) is 1. The predicted octanol–water partition coefficient (Wildman–Crippen LogP) is 0.756. The molecule has 0 heterocycles. The number of benzene rings is 1. The van der Waals surface area contributed by atoms with Gasteiger partial charge in [-0.25, -0.2) is 0 Å². The SMILES string of the molecule is NC(C=O)CCc1ccccc1NCC=O. The predicted molar refractivity (Wildman–Crippen MR) is 63.4 cm³/mol. The van der Waals surface area contributed by atoms with Crippen molar-refractivity contribution in [2.24, 2.45) is 5.73 Å². The first-order chi connectivity index (χ1) is 7.77. The summed E-state index contributed by atoms with van der Waals surface area (Å²) in [5.74, 6) is 0. The molecule has 1 atom stereocenters. The minimum absolute atomic E-state index is 0.288. The second kappa shape index (κ2) is 6.74. The van der Waals surface area contributed by atoms with Crippen LogP contribution in [-0.2, 0) is 16.0 Å². The average molecular weight is 220 g/mol. The fraction of sp³-hybridized carbons (Fsp3) is 0.333. The Morgan fingerprint density at radius 2 is 2.06 bits per heavy atom. The molecule has 0 bridgehead atoms. The van der Waals surface area contributed by atoms with E-state index in [9.17, 15) is 9.59 Å². The lowest BCUT2D eigenvalue weighted by Crippen LogP contribution is -2.22. The molecule has 0 aliphatic rings. The molecule has 4 nitrogen and oxygen atoms in total. The number of aryl methyl sites for hydroxylation is 1. The third kappa shape index (κ3) is 3.82. The zero-order chi connectivity index (χ0) is 11.8. The summed E-state index contributed by atoms with van der Waals surface area (Å²) in [4.78, 5) is 20.7. The Labute approximate surface area is 94.8 Å². The quantitative estimate of drug-likeness (QED) is 0.665. The second-order valence-electron chi connectivity index (χ2n) is 3.54. The van der Waals surface area contributed by atoms with Crippen molar-refractivity contribution in [2.45, 2.75) is 18.9 Å². The first kappa shape index (κ1) is 12.4. The fourth-order valence-corrected chi connectivity index (χ4v) is 1.45. The number of hydrogen-bond donors (Lipinski definition) is 2. The van der Waals surface area contributed by atoms with E-state index in [2.05, 4.69) is 5.32 Å². The van der Waals surface area contributed by atoms with Crippen LogP contribution in [0.25, 0.3) is 0 Å². The molecule has 1 aromatic rings. The molecule has 4 heteroatoms. The molecule has 0 amide bonds. The summed E-state index contributed by atoms with van der Waals surface area (Å²) < 4.78 is 0. The van der Waals surface area contributed by atoms with Crippen LogP contribution in [0.3, 0.4) is 0 Å². The van der Waals surface area contributed by atoms with E-state index in [0.29, 0.717) is 6.42 Å². The van der Waals surface area contributed by atoms with Crippen molar-refractivity contribution < 1.29 is 9.59 Å². The molecule has 0 spiro atoms. The highest BCUT2D eigenvalue weighted by atomic mass is 16.1. The van der Waals surface area contributed by atoms with Crippen LogP contribution in [-0.4, -0.2) is 25.2 Å². The number of rotatable bonds is 7. The molecule has 1 unspecified atom stereocenters. The molecule has 0 fully saturated rings. The fourth-order valence-electron chi connectivity index (χ4n) is 1.45. The number of para-hydroxylation sites is 1. The maximum Gasteiger partial charge on any atom is 0.139 e. The lowest BCUT2D eigenvalue weighted by molar-refractivity contribution is -0.109. The molecule has 0 aliphatic carbocycles. The normalized spacial score (nSPS) is 11.8. The van der Waals surface area contributed by atoms with Crippen molar-refractivity contribution in [2.75, 3.05) is 11.9 Å². The number of anilines is 1. The summed E-state index contributed by atoms with van der Waals surface area (Å²) in [5, 5.41) is 3.01. The van der Waals surface area contributed by atoms with Crippen molar-refractivity contribution in [3.05, 3.63) is 29.8 Å². The number of hydrogen-bond acceptors (Lipinski definition) is 4. The van der Waals surface area contributed by atoms with E-state index in [4.69, 9.17) is 5.73 Å². The third-order valence-electron chi connectivity index (χ3n) is 2.32. The van der Waals surface area contributed by atoms with E-state index in [1.807, 2.05) is 24.3 Å². The largest absolute Gasteiger partial charge is 0.378 e. The summed E-state index contributed by atoms with van der Waals surface area (Å²) in [7, 11) is 0. The maximum atomic E-state index is 10.4. The van der Waals surface area contributed by atoms with E-state index in [-0.39, 0.29) is 6.54 Å².